The SMILES string of the molecule is CCOc1ccc2nc(N(CC3CCCO3)C(=O)Cc3ccc(OC)c(C)c3)sc2c1. The predicted octanol–water partition coefficient (Wildman–Crippen LogP) is 4.77. The molecule has 2 heterocycles. The lowest BCUT2D eigenvalue weighted by atomic mass is 10.1. The van der Waals surface area contributed by atoms with E-state index in [2.05, 4.69) is 0 Å². The van der Waals surface area contributed by atoms with Crippen molar-refractivity contribution in [1.29, 1.82) is 0 Å². The standard InChI is InChI=1S/C24H28N2O4S/c1-4-29-18-8-9-20-22(14-18)31-24(25-20)26(15-19-6-5-11-30-19)23(27)13-17-7-10-21(28-3)16(2)12-17/h7-10,12,14,19H,4-6,11,13,15H2,1-3H3. The molecule has 6 nitrogen and oxygen atoms in total. The van der Waals surface area contributed by atoms with E-state index in [1.165, 1.54) is 11.3 Å². The van der Waals surface area contributed by atoms with Gasteiger partial charge in [-0.2, -0.15) is 0 Å². The Bertz CT molecular complexity index is 1060. The molecule has 0 spiro atoms. The fourth-order valence-corrected chi connectivity index (χ4v) is 4.88. The number of carbonyl (C=O) groups is 1. The summed E-state index contributed by atoms with van der Waals surface area (Å²) in [6, 6.07) is 11.7. The van der Waals surface area contributed by atoms with E-state index >= 15 is 0 Å². The second-order valence-corrected chi connectivity index (χ2v) is 8.69. The Labute approximate surface area is 186 Å². The number of hydrogen-bond donors (Lipinski definition) is 0. The van der Waals surface area contributed by atoms with E-state index in [9.17, 15) is 4.79 Å². The van der Waals surface area contributed by atoms with Crippen LogP contribution in [0.5, 0.6) is 11.5 Å². The van der Waals surface area contributed by atoms with Gasteiger partial charge in [0.15, 0.2) is 5.13 Å². The highest BCUT2D eigenvalue weighted by molar-refractivity contribution is 7.22. The molecule has 1 aromatic heterocycles. The molecular formula is C24H28N2O4S. The maximum Gasteiger partial charge on any atom is 0.233 e. The summed E-state index contributed by atoms with van der Waals surface area (Å²) in [5.74, 6) is 1.66. The molecular weight excluding hydrogens is 412 g/mol. The third-order valence-electron chi connectivity index (χ3n) is 5.42. The number of ether oxygens (including phenoxy) is 3. The largest absolute Gasteiger partial charge is 0.496 e. The van der Waals surface area contributed by atoms with E-state index < -0.39 is 0 Å². The van der Waals surface area contributed by atoms with Crippen molar-refractivity contribution in [2.24, 2.45) is 0 Å². The summed E-state index contributed by atoms with van der Waals surface area (Å²) in [4.78, 5) is 19.9. The number of aromatic nitrogens is 1. The summed E-state index contributed by atoms with van der Waals surface area (Å²) in [6.07, 6.45) is 2.34. The number of fused-ring (bicyclic) bond motifs is 1. The summed E-state index contributed by atoms with van der Waals surface area (Å²) in [5, 5.41) is 0.703. The molecule has 164 valence electrons. The molecule has 1 aliphatic rings. The fraction of sp³-hybridized carbons (Fsp3) is 0.417. The monoisotopic (exact) mass is 440 g/mol. The molecule has 0 saturated carbocycles. The van der Waals surface area contributed by atoms with Gasteiger partial charge in [-0.05, 0) is 62.1 Å². The van der Waals surface area contributed by atoms with Gasteiger partial charge >= 0.3 is 0 Å². The molecule has 1 aliphatic heterocycles. The van der Waals surface area contributed by atoms with Crippen molar-refractivity contribution in [2.75, 3.05) is 31.8 Å². The van der Waals surface area contributed by atoms with Crippen molar-refractivity contribution in [3.63, 3.8) is 0 Å². The first-order chi connectivity index (χ1) is 15.1. The van der Waals surface area contributed by atoms with E-state index in [0.29, 0.717) is 24.7 Å². The topological polar surface area (TPSA) is 60.9 Å². The lowest BCUT2D eigenvalue weighted by Crippen LogP contribution is -2.38. The molecule has 3 aromatic rings. The van der Waals surface area contributed by atoms with Crippen LogP contribution in [0.3, 0.4) is 0 Å². The maximum atomic E-state index is 13.4. The molecule has 0 radical (unpaired) electrons. The Kier molecular flexibility index (Phi) is 6.73. The minimum absolute atomic E-state index is 0.0177. The molecule has 0 aliphatic carbocycles. The van der Waals surface area contributed by atoms with Crippen LogP contribution in [0.1, 0.15) is 30.9 Å². The van der Waals surface area contributed by atoms with Gasteiger partial charge in [-0.3, -0.25) is 9.69 Å². The third kappa shape index (κ3) is 4.99. The van der Waals surface area contributed by atoms with Crippen LogP contribution in [0.2, 0.25) is 0 Å². The van der Waals surface area contributed by atoms with Crippen LogP contribution < -0.4 is 14.4 Å². The number of carbonyl (C=O) groups excluding carboxylic acids is 1. The number of thiazole rings is 1. The minimum Gasteiger partial charge on any atom is -0.496 e. The Hall–Kier alpha value is -2.64. The maximum absolute atomic E-state index is 13.4. The van der Waals surface area contributed by atoms with Crippen LogP contribution in [0.25, 0.3) is 10.2 Å². The number of methoxy groups -OCH3 is 1. The number of aryl methyl sites for hydroxylation is 1. The van der Waals surface area contributed by atoms with Gasteiger partial charge in [-0.15, -0.1) is 0 Å². The Morgan fingerprint density at radius 3 is 2.87 bits per heavy atom. The van der Waals surface area contributed by atoms with Crippen molar-refractivity contribution in [3.8, 4) is 11.5 Å². The van der Waals surface area contributed by atoms with Crippen LogP contribution in [0.15, 0.2) is 36.4 Å². The van der Waals surface area contributed by atoms with Gasteiger partial charge in [0.1, 0.15) is 11.5 Å². The quantitative estimate of drug-likeness (QED) is 0.505. The van der Waals surface area contributed by atoms with E-state index in [1.54, 1.807) is 12.0 Å². The van der Waals surface area contributed by atoms with Crippen molar-refractivity contribution in [3.05, 3.63) is 47.5 Å². The third-order valence-corrected chi connectivity index (χ3v) is 6.46. The molecule has 4 rings (SSSR count). The van der Waals surface area contributed by atoms with Crippen LogP contribution >= 0.6 is 11.3 Å². The summed E-state index contributed by atoms with van der Waals surface area (Å²) in [5.41, 5.74) is 2.84. The Balaban J connectivity index is 1.61. The van der Waals surface area contributed by atoms with Crippen LogP contribution in [0, 0.1) is 6.92 Å². The van der Waals surface area contributed by atoms with Gasteiger partial charge in [0, 0.05) is 6.61 Å². The van der Waals surface area contributed by atoms with Crippen LogP contribution in [-0.2, 0) is 16.0 Å². The molecule has 1 atom stereocenters. The number of hydrogen-bond acceptors (Lipinski definition) is 6. The molecule has 31 heavy (non-hydrogen) atoms. The van der Waals surface area contributed by atoms with E-state index in [-0.39, 0.29) is 12.0 Å². The van der Waals surface area contributed by atoms with Gasteiger partial charge in [-0.25, -0.2) is 4.98 Å². The number of nitrogens with zero attached hydrogens (tertiary/aromatic N) is 2. The lowest BCUT2D eigenvalue weighted by molar-refractivity contribution is -0.118. The average Bonchev–Trinajstić information content (AvgIpc) is 3.41. The van der Waals surface area contributed by atoms with Gasteiger partial charge in [-0.1, -0.05) is 23.5 Å². The first-order valence-electron chi connectivity index (χ1n) is 10.7. The number of rotatable bonds is 8. The number of anilines is 1. The smallest absolute Gasteiger partial charge is 0.233 e. The fourth-order valence-electron chi connectivity index (χ4n) is 3.86. The van der Waals surface area contributed by atoms with Gasteiger partial charge in [0.05, 0.1) is 43.0 Å². The van der Waals surface area contributed by atoms with Gasteiger partial charge in [0.2, 0.25) is 5.91 Å². The van der Waals surface area contributed by atoms with Crippen LogP contribution in [-0.4, -0.2) is 43.9 Å². The van der Waals surface area contributed by atoms with Crippen molar-refractivity contribution >= 4 is 32.6 Å². The molecule has 7 heteroatoms. The molecule has 2 aromatic carbocycles. The summed E-state index contributed by atoms with van der Waals surface area (Å²) in [6.45, 7) is 5.84. The van der Waals surface area contributed by atoms with Crippen molar-refractivity contribution in [2.45, 2.75) is 39.2 Å². The second-order valence-electron chi connectivity index (χ2n) is 7.68. The number of amides is 1. The molecule has 0 N–H and O–H groups in total. The van der Waals surface area contributed by atoms with E-state index in [0.717, 1.165) is 52.3 Å². The average molecular weight is 441 g/mol. The van der Waals surface area contributed by atoms with Crippen molar-refractivity contribution < 1.29 is 19.0 Å². The molecule has 1 amide bonds. The van der Waals surface area contributed by atoms with Crippen LogP contribution in [0.4, 0.5) is 5.13 Å². The van der Waals surface area contributed by atoms with Gasteiger partial charge < -0.3 is 14.2 Å². The highest BCUT2D eigenvalue weighted by Gasteiger charge is 2.26. The normalized spacial score (nSPS) is 15.9. The molecule has 1 saturated heterocycles. The summed E-state index contributed by atoms with van der Waals surface area (Å²) < 4.78 is 17.8. The first-order valence-corrected chi connectivity index (χ1v) is 11.5. The second kappa shape index (κ2) is 9.66. The Morgan fingerprint density at radius 2 is 2.16 bits per heavy atom. The highest BCUT2D eigenvalue weighted by Crippen LogP contribution is 2.33. The van der Waals surface area contributed by atoms with Crippen molar-refractivity contribution in [1.82, 2.24) is 4.98 Å². The molecule has 1 fully saturated rings. The van der Waals surface area contributed by atoms with E-state index in [1.807, 2.05) is 50.2 Å². The van der Waals surface area contributed by atoms with Gasteiger partial charge in [0.25, 0.3) is 0 Å². The first kappa shape index (κ1) is 21.6. The van der Waals surface area contributed by atoms with E-state index in [4.69, 9.17) is 19.2 Å². The minimum atomic E-state index is 0.0177. The highest BCUT2D eigenvalue weighted by atomic mass is 32.1. The lowest BCUT2D eigenvalue weighted by Gasteiger charge is -2.23. The molecule has 1 unspecified atom stereocenters. The number of benzene rings is 2. The Morgan fingerprint density at radius 1 is 1.29 bits per heavy atom. The zero-order valence-electron chi connectivity index (χ0n) is 18.2. The summed E-state index contributed by atoms with van der Waals surface area (Å²) >= 11 is 1.52. The zero-order chi connectivity index (χ0) is 21.8. The predicted molar refractivity (Wildman–Crippen MR) is 124 cm³/mol. The molecule has 0 bridgehead atoms. The zero-order valence-corrected chi connectivity index (χ0v) is 19.0. The summed E-state index contributed by atoms with van der Waals surface area (Å²) in [7, 11) is 1.65.